The monoisotopic (exact) mass is 424 g/mol. The average molecular weight is 425 g/mol. The van der Waals surface area contributed by atoms with Gasteiger partial charge in [-0.1, -0.05) is 25.3 Å². The van der Waals surface area contributed by atoms with E-state index in [1.54, 1.807) is 12.1 Å². The largest absolute Gasteiger partial charge is 0.390 e. The fourth-order valence-corrected chi connectivity index (χ4v) is 5.60. The zero-order valence-electron chi connectivity index (χ0n) is 16.3. The second kappa shape index (κ2) is 8.76. The Bertz CT molecular complexity index is 839. The Hall–Kier alpha value is -2.04. The lowest BCUT2D eigenvalue weighted by Crippen LogP contribution is -2.56. The SMILES string of the molecule is NC(=O)C1(C(=O)NC2CCCN(S(=O)(=O)c3ccccn3)CC2O)CCCCC1. The summed E-state index contributed by atoms with van der Waals surface area (Å²) in [6.07, 6.45) is 4.40. The number of aromatic nitrogens is 1. The molecule has 10 heteroatoms. The summed E-state index contributed by atoms with van der Waals surface area (Å²) in [5.74, 6) is -1.10. The molecule has 29 heavy (non-hydrogen) atoms. The van der Waals surface area contributed by atoms with Gasteiger partial charge in [0.1, 0.15) is 5.41 Å². The first-order chi connectivity index (χ1) is 13.8. The van der Waals surface area contributed by atoms with Crippen LogP contribution in [0.3, 0.4) is 0 Å². The molecule has 0 aromatic carbocycles. The number of nitrogens with one attached hydrogen (secondary N) is 1. The van der Waals surface area contributed by atoms with Crippen LogP contribution in [0.5, 0.6) is 0 Å². The number of pyridine rings is 1. The van der Waals surface area contributed by atoms with E-state index >= 15 is 0 Å². The molecule has 0 spiro atoms. The van der Waals surface area contributed by atoms with Crippen molar-refractivity contribution in [1.29, 1.82) is 0 Å². The lowest BCUT2D eigenvalue weighted by molar-refractivity contribution is -0.145. The number of hydrogen-bond donors (Lipinski definition) is 3. The normalized spacial score (nSPS) is 25.7. The molecule has 2 amide bonds. The molecule has 160 valence electrons. The first-order valence-corrected chi connectivity index (χ1v) is 11.4. The van der Waals surface area contributed by atoms with E-state index in [1.807, 2.05) is 0 Å². The molecule has 0 radical (unpaired) electrons. The number of aliphatic hydroxyl groups is 1. The zero-order chi connectivity index (χ0) is 21.1. The highest BCUT2D eigenvalue weighted by molar-refractivity contribution is 7.89. The molecule has 2 aliphatic rings. The highest BCUT2D eigenvalue weighted by Crippen LogP contribution is 2.36. The number of sulfonamides is 1. The van der Waals surface area contributed by atoms with Crippen LogP contribution in [0, 0.1) is 5.41 Å². The number of carbonyl (C=O) groups is 2. The van der Waals surface area contributed by atoms with Crippen LogP contribution in [0.1, 0.15) is 44.9 Å². The molecular weight excluding hydrogens is 396 g/mol. The van der Waals surface area contributed by atoms with Crippen molar-refractivity contribution >= 4 is 21.8 Å². The zero-order valence-corrected chi connectivity index (χ0v) is 17.1. The second-order valence-corrected chi connectivity index (χ2v) is 9.71. The third-order valence-corrected chi connectivity index (χ3v) is 7.73. The first-order valence-electron chi connectivity index (χ1n) is 9.97. The number of primary amides is 1. The van der Waals surface area contributed by atoms with Gasteiger partial charge in [0.05, 0.1) is 12.1 Å². The van der Waals surface area contributed by atoms with Gasteiger partial charge < -0.3 is 16.2 Å². The summed E-state index contributed by atoms with van der Waals surface area (Å²) in [6.45, 7) is 0.0523. The van der Waals surface area contributed by atoms with Crippen molar-refractivity contribution in [3.63, 3.8) is 0 Å². The van der Waals surface area contributed by atoms with E-state index in [-0.39, 0.29) is 18.1 Å². The molecule has 1 aromatic heterocycles. The van der Waals surface area contributed by atoms with Crippen LogP contribution in [0.2, 0.25) is 0 Å². The van der Waals surface area contributed by atoms with Gasteiger partial charge in [-0.2, -0.15) is 4.31 Å². The Labute approximate surface area is 170 Å². The van der Waals surface area contributed by atoms with Crippen LogP contribution in [0.25, 0.3) is 0 Å². The maximum atomic E-state index is 12.9. The third-order valence-electron chi connectivity index (χ3n) is 5.95. The van der Waals surface area contributed by atoms with Crippen LogP contribution in [0.15, 0.2) is 29.4 Å². The highest BCUT2D eigenvalue weighted by atomic mass is 32.2. The number of β-amino-alcohol motifs (C(OH)–C–C–N with tert-alkyl or cyclic N) is 1. The summed E-state index contributed by atoms with van der Waals surface area (Å²) in [7, 11) is -3.84. The average Bonchev–Trinajstić information content (AvgIpc) is 2.91. The molecule has 1 aromatic rings. The van der Waals surface area contributed by atoms with Crippen molar-refractivity contribution in [2.75, 3.05) is 13.1 Å². The van der Waals surface area contributed by atoms with Crippen molar-refractivity contribution < 1.29 is 23.1 Å². The Morgan fingerprint density at radius 2 is 1.93 bits per heavy atom. The van der Waals surface area contributed by atoms with E-state index in [0.29, 0.717) is 25.7 Å². The standard InChI is InChI=1S/C19H28N4O5S/c20-17(25)19(9-3-1-4-10-19)18(26)22-14-7-6-12-23(13-15(14)24)29(27,28)16-8-2-5-11-21-16/h2,5,8,11,14-15,24H,1,3-4,6-7,9-10,12-13H2,(H2,20,25)(H,22,26). The molecule has 2 unspecified atom stereocenters. The van der Waals surface area contributed by atoms with Gasteiger partial charge in [-0.15, -0.1) is 0 Å². The molecule has 1 aliphatic carbocycles. The predicted molar refractivity (Wildman–Crippen MR) is 105 cm³/mol. The second-order valence-electron chi connectivity index (χ2n) is 7.83. The van der Waals surface area contributed by atoms with Gasteiger partial charge in [-0.05, 0) is 37.8 Å². The fourth-order valence-electron chi connectivity index (χ4n) is 4.17. The minimum Gasteiger partial charge on any atom is -0.390 e. The van der Waals surface area contributed by atoms with E-state index in [0.717, 1.165) is 19.3 Å². The molecule has 3 rings (SSSR count). The van der Waals surface area contributed by atoms with Crippen LogP contribution in [0.4, 0.5) is 0 Å². The van der Waals surface area contributed by atoms with Crippen molar-refractivity contribution in [2.45, 2.75) is 62.1 Å². The van der Waals surface area contributed by atoms with Gasteiger partial charge in [0.2, 0.25) is 11.8 Å². The lowest BCUT2D eigenvalue weighted by Gasteiger charge is -2.35. The summed E-state index contributed by atoms with van der Waals surface area (Å²) in [4.78, 5) is 28.9. The summed E-state index contributed by atoms with van der Waals surface area (Å²) in [6, 6.07) is 3.97. The molecule has 0 bridgehead atoms. The van der Waals surface area contributed by atoms with Gasteiger partial charge in [0, 0.05) is 19.3 Å². The summed E-state index contributed by atoms with van der Waals surface area (Å²) in [5, 5.41) is 13.3. The van der Waals surface area contributed by atoms with E-state index in [2.05, 4.69) is 10.3 Å². The minimum atomic E-state index is -3.84. The quantitative estimate of drug-likeness (QED) is 0.574. The van der Waals surface area contributed by atoms with E-state index in [9.17, 15) is 23.1 Å². The molecule has 1 saturated heterocycles. The maximum absolute atomic E-state index is 12.9. The smallest absolute Gasteiger partial charge is 0.260 e. The number of aliphatic hydroxyl groups excluding tert-OH is 1. The molecule has 2 fully saturated rings. The molecule has 2 atom stereocenters. The van der Waals surface area contributed by atoms with Gasteiger partial charge in [-0.25, -0.2) is 13.4 Å². The molecule has 4 N–H and O–H groups in total. The Morgan fingerprint density at radius 3 is 2.55 bits per heavy atom. The van der Waals surface area contributed by atoms with Gasteiger partial charge in [0.15, 0.2) is 5.03 Å². The minimum absolute atomic E-state index is 0.0791. The van der Waals surface area contributed by atoms with Crippen LogP contribution in [-0.4, -0.2) is 59.9 Å². The predicted octanol–water partition coefficient (Wildman–Crippen LogP) is 0.148. The lowest BCUT2D eigenvalue weighted by atomic mass is 9.72. The van der Waals surface area contributed by atoms with E-state index in [4.69, 9.17) is 5.73 Å². The molecule has 2 heterocycles. The van der Waals surface area contributed by atoms with Crippen molar-refractivity contribution in [3.05, 3.63) is 24.4 Å². The highest BCUT2D eigenvalue weighted by Gasteiger charge is 2.46. The van der Waals surface area contributed by atoms with Crippen LogP contribution in [-0.2, 0) is 19.6 Å². The van der Waals surface area contributed by atoms with E-state index < -0.39 is 39.4 Å². The van der Waals surface area contributed by atoms with E-state index in [1.165, 1.54) is 16.6 Å². The number of nitrogens with zero attached hydrogens (tertiary/aromatic N) is 2. The Balaban J connectivity index is 1.72. The summed E-state index contributed by atoms with van der Waals surface area (Å²) >= 11 is 0. The van der Waals surface area contributed by atoms with Gasteiger partial charge >= 0.3 is 0 Å². The first kappa shape index (κ1) is 21.7. The van der Waals surface area contributed by atoms with Gasteiger partial charge in [-0.3, -0.25) is 9.59 Å². The Morgan fingerprint density at radius 1 is 1.21 bits per heavy atom. The number of nitrogens with two attached hydrogens (primary N) is 1. The molecule has 1 aliphatic heterocycles. The maximum Gasteiger partial charge on any atom is 0.260 e. The van der Waals surface area contributed by atoms with Crippen molar-refractivity contribution in [3.8, 4) is 0 Å². The number of rotatable bonds is 5. The topological polar surface area (TPSA) is 143 Å². The number of amides is 2. The Kier molecular flexibility index (Phi) is 6.55. The number of carbonyl (C=O) groups excluding carboxylic acids is 2. The fraction of sp³-hybridized carbons (Fsp3) is 0.632. The van der Waals surface area contributed by atoms with Crippen molar-refractivity contribution in [1.82, 2.24) is 14.6 Å². The van der Waals surface area contributed by atoms with Crippen LogP contribution >= 0.6 is 0 Å². The third kappa shape index (κ3) is 4.44. The molecule has 1 saturated carbocycles. The van der Waals surface area contributed by atoms with Crippen molar-refractivity contribution in [2.24, 2.45) is 11.1 Å². The van der Waals surface area contributed by atoms with Gasteiger partial charge in [0.25, 0.3) is 10.0 Å². The summed E-state index contributed by atoms with van der Waals surface area (Å²) < 4.78 is 26.8. The number of hydrogen-bond acceptors (Lipinski definition) is 6. The molecular formula is C19H28N4O5S. The molecule has 9 nitrogen and oxygen atoms in total. The summed E-state index contributed by atoms with van der Waals surface area (Å²) in [5.41, 5.74) is 4.31. The van der Waals surface area contributed by atoms with Crippen LogP contribution < -0.4 is 11.1 Å².